The van der Waals surface area contributed by atoms with E-state index in [1.54, 1.807) is 18.5 Å². The average molecular weight is 263 g/mol. The number of morpholine rings is 1. The van der Waals surface area contributed by atoms with Gasteiger partial charge in [-0.15, -0.1) is 0 Å². The standard InChI is InChI=1S/C12H17N5O2/c18-12(16-4-6-19-7-5-16)17-8-10(9-17)15-11-13-2-1-3-14-11/h1-3,10H,4-9H2,(H,13,14,15). The fraction of sp³-hybridized carbons (Fsp3) is 0.583. The van der Waals surface area contributed by atoms with Crippen molar-refractivity contribution in [2.75, 3.05) is 44.7 Å². The summed E-state index contributed by atoms with van der Waals surface area (Å²) < 4.78 is 5.24. The zero-order chi connectivity index (χ0) is 13.1. The highest BCUT2D eigenvalue weighted by atomic mass is 16.5. The molecule has 102 valence electrons. The molecular weight excluding hydrogens is 246 g/mol. The van der Waals surface area contributed by atoms with E-state index in [1.807, 2.05) is 9.80 Å². The molecule has 0 unspecified atom stereocenters. The number of amides is 2. The molecule has 1 aromatic rings. The molecule has 3 rings (SSSR count). The van der Waals surface area contributed by atoms with Gasteiger partial charge in [0.1, 0.15) is 0 Å². The van der Waals surface area contributed by atoms with Crippen LogP contribution in [0, 0.1) is 0 Å². The number of carbonyl (C=O) groups excluding carboxylic acids is 1. The van der Waals surface area contributed by atoms with Crippen molar-refractivity contribution in [2.24, 2.45) is 0 Å². The molecule has 3 heterocycles. The molecule has 0 aliphatic carbocycles. The van der Waals surface area contributed by atoms with Gasteiger partial charge in [0.25, 0.3) is 0 Å². The molecule has 0 saturated carbocycles. The summed E-state index contributed by atoms with van der Waals surface area (Å²) in [5.41, 5.74) is 0. The lowest BCUT2D eigenvalue weighted by molar-refractivity contribution is 0.0361. The molecule has 0 atom stereocenters. The van der Waals surface area contributed by atoms with Crippen LogP contribution in [0.2, 0.25) is 0 Å². The highest BCUT2D eigenvalue weighted by Gasteiger charge is 2.34. The molecule has 0 radical (unpaired) electrons. The van der Waals surface area contributed by atoms with Crippen molar-refractivity contribution in [1.82, 2.24) is 19.8 Å². The number of carbonyl (C=O) groups is 1. The molecule has 1 aromatic heterocycles. The first-order valence-electron chi connectivity index (χ1n) is 6.48. The molecule has 7 nitrogen and oxygen atoms in total. The third kappa shape index (κ3) is 2.76. The highest BCUT2D eigenvalue weighted by Crippen LogP contribution is 2.15. The van der Waals surface area contributed by atoms with Gasteiger partial charge in [0.2, 0.25) is 5.95 Å². The maximum atomic E-state index is 12.1. The van der Waals surface area contributed by atoms with Gasteiger partial charge in [0.05, 0.1) is 19.3 Å². The fourth-order valence-electron chi connectivity index (χ4n) is 2.24. The van der Waals surface area contributed by atoms with Crippen LogP contribution in [0.25, 0.3) is 0 Å². The largest absolute Gasteiger partial charge is 0.378 e. The second-order valence-electron chi connectivity index (χ2n) is 4.70. The van der Waals surface area contributed by atoms with Crippen molar-refractivity contribution in [2.45, 2.75) is 6.04 Å². The van der Waals surface area contributed by atoms with Crippen molar-refractivity contribution in [3.05, 3.63) is 18.5 Å². The van der Waals surface area contributed by atoms with Crippen LogP contribution >= 0.6 is 0 Å². The lowest BCUT2D eigenvalue weighted by Gasteiger charge is -2.42. The summed E-state index contributed by atoms with van der Waals surface area (Å²) >= 11 is 0. The quantitative estimate of drug-likeness (QED) is 0.815. The second-order valence-corrected chi connectivity index (χ2v) is 4.70. The maximum absolute atomic E-state index is 12.1. The first-order valence-corrected chi connectivity index (χ1v) is 6.48. The van der Waals surface area contributed by atoms with Gasteiger partial charge in [-0.25, -0.2) is 14.8 Å². The Hall–Kier alpha value is -1.89. The van der Waals surface area contributed by atoms with Gasteiger partial charge < -0.3 is 19.9 Å². The Bertz CT molecular complexity index is 429. The predicted molar refractivity (Wildman–Crippen MR) is 68.8 cm³/mol. The van der Waals surface area contributed by atoms with E-state index < -0.39 is 0 Å². The van der Waals surface area contributed by atoms with Gasteiger partial charge >= 0.3 is 6.03 Å². The van der Waals surface area contributed by atoms with Crippen molar-refractivity contribution in [3.8, 4) is 0 Å². The van der Waals surface area contributed by atoms with Gasteiger partial charge in [-0.3, -0.25) is 0 Å². The molecule has 2 amide bonds. The fourth-order valence-corrected chi connectivity index (χ4v) is 2.24. The van der Waals surface area contributed by atoms with Crippen LogP contribution in [0.4, 0.5) is 10.7 Å². The van der Waals surface area contributed by atoms with Gasteiger partial charge in [-0.2, -0.15) is 0 Å². The predicted octanol–water partition coefficient (Wildman–Crippen LogP) is 0.0249. The minimum Gasteiger partial charge on any atom is -0.378 e. The number of nitrogens with one attached hydrogen (secondary N) is 1. The number of ether oxygens (including phenoxy) is 1. The lowest BCUT2D eigenvalue weighted by Crippen LogP contribution is -2.61. The summed E-state index contributed by atoms with van der Waals surface area (Å²) in [6.45, 7) is 4.06. The Balaban J connectivity index is 1.46. The Labute approximate surface area is 111 Å². The summed E-state index contributed by atoms with van der Waals surface area (Å²) in [6.07, 6.45) is 3.40. The molecule has 1 N–H and O–H groups in total. The van der Waals surface area contributed by atoms with E-state index >= 15 is 0 Å². The second kappa shape index (κ2) is 5.40. The van der Waals surface area contributed by atoms with Crippen molar-refractivity contribution >= 4 is 12.0 Å². The van der Waals surface area contributed by atoms with Gasteiger partial charge in [0, 0.05) is 38.6 Å². The van der Waals surface area contributed by atoms with E-state index in [4.69, 9.17) is 4.74 Å². The molecule has 2 aliphatic rings. The van der Waals surface area contributed by atoms with E-state index in [1.165, 1.54) is 0 Å². The smallest absolute Gasteiger partial charge is 0.320 e. The molecule has 2 fully saturated rings. The van der Waals surface area contributed by atoms with Crippen LogP contribution in [0.3, 0.4) is 0 Å². The number of likely N-dealkylation sites (tertiary alicyclic amines) is 1. The zero-order valence-corrected chi connectivity index (χ0v) is 10.7. The summed E-state index contributed by atoms with van der Waals surface area (Å²) in [4.78, 5) is 24.0. The van der Waals surface area contributed by atoms with Gasteiger partial charge in [0.15, 0.2) is 0 Å². The number of nitrogens with zero attached hydrogens (tertiary/aromatic N) is 4. The topological polar surface area (TPSA) is 70.6 Å². The summed E-state index contributed by atoms with van der Waals surface area (Å²) in [5.74, 6) is 0.617. The molecule has 0 spiro atoms. The van der Waals surface area contributed by atoms with Crippen molar-refractivity contribution < 1.29 is 9.53 Å². The molecule has 0 aromatic carbocycles. The van der Waals surface area contributed by atoms with E-state index in [-0.39, 0.29) is 12.1 Å². The van der Waals surface area contributed by atoms with Crippen LogP contribution in [-0.4, -0.2) is 71.2 Å². The first kappa shape index (κ1) is 12.2. The number of urea groups is 1. The lowest BCUT2D eigenvalue weighted by atomic mass is 10.1. The van der Waals surface area contributed by atoms with Crippen LogP contribution in [0.15, 0.2) is 18.5 Å². The van der Waals surface area contributed by atoms with Gasteiger partial charge in [-0.05, 0) is 6.07 Å². The Morgan fingerprint density at radius 1 is 1.21 bits per heavy atom. The van der Waals surface area contributed by atoms with Crippen molar-refractivity contribution in [3.63, 3.8) is 0 Å². The van der Waals surface area contributed by atoms with E-state index in [9.17, 15) is 4.79 Å². The summed E-state index contributed by atoms with van der Waals surface area (Å²) in [6, 6.07) is 2.13. The Morgan fingerprint density at radius 2 is 1.89 bits per heavy atom. The third-order valence-corrected chi connectivity index (χ3v) is 3.33. The molecule has 2 aliphatic heterocycles. The van der Waals surface area contributed by atoms with E-state index in [0.29, 0.717) is 45.3 Å². The van der Waals surface area contributed by atoms with Crippen LogP contribution < -0.4 is 5.32 Å². The number of hydrogen-bond acceptors (Lipinski definition) is 5. The van der Waals surface area contributed by atoms with Crippen LogP contribution in [0.5, 0.6) is 0 Å². The zero-order valence-electron chi connectivity index (χ0n) is 10.7. The molecule has 19 heavy (non-hydrogen) atoms. The van der Waals surface area contributed by atoms with Crippen molar-refractivity contribution in [1.29, 1.82) is 0 Å². The SMILES string of the molecule is O=C(N1CCOCC1)N1CC(Nc2ncccn2)C1. The number of aromatic nitrogens is 2. The monoisotopic (exact) mass is 263 g/mol. The molecule has 2 saturated heterocycles. The molecule has 7 heteroatoms. The van der Waals surface area contributed by atoms with Gasteiger partial charge in [-0.1, -0.05) is 0 Å². The van der Waals surface area contributed by atoms with Crippen LogP contribution in [0.1, 0.15) is 0 Å². The Morgan fingerprint density at radius 3 is 2.58 bits per heavy atom. The van der Waals surface area contributed by atoms with E-state index in [0.717, 1.165) is 0 Å². The van der Waals surface area contributed by atoms with Crippen LogP contribution in [-0.2, 0) is 4.74 Å². The normalized spacial score (nSPS) is 20.0. The number of hydrogen-bond donors (Lipinski definition) is 1. The first-order chi connectivity index (χ1) is 9.33. The maximum Gasteiger partial charge on any atom is 0.320 e. The third-order valence-electron chi connectivity index (χ3n) is 3.33. The summed E-state index contributed by atoms with van der Waals surface area (Å²) in [7, 11) is 0. The molecular formula is C12H17N5O2. The minimum absolute atomic E-state index is 0.107. The minimum atomic E-state index is 0.107. The number of anilines is 1. The highest BCUT2D eigenvalue weighted by molar-refractivity contribution is 5.75. The average Bonchev–Trinajstić information content (AvgIpc) is 2.44. The molecule has 0 bridgehead atoms. The Kier molecular flexibility index (Phi) is 3.45. The van der Waals surface area contributed by atoms with E-state index in [2.05, 4.69) is 15.3 Å². The summed E-state index contributed by atoms with van der Waals surface area (Å²) in [5, 5.41) is 3.21. The number of rotatable bonds is 2.